The van der Waals surface area contributed by atoms with Gasteiger partial charge >= 0.3 is 17.9 Å². The minimum Gasteiger partial charge on any atom is -0.463 e. The highest BCUT2D eigenvalue weighted by atomic mass is 32.2. The van der Waals surface area contributed by atoms with Gasteiger partial charge in [0.25, 0.3) is 0 Å². The second kappa shape index (κ2) is 9.75. The van der Waals surface area contributed by atoms with Crippen molar-refractivity contribution in [3.63, 3.8) is 0 Å². The maximum Gasteiger partial charge on any atom is 0.303 e. The molecule has 8 heteroatoms. The van der Waals surface area contributed by atoms with E-state index in [0.717, 1.165) is 4.90 Å². The number of carbonyl (C=O) groups is 3. The van der Waals surface area contributed by atoms with Gasteiger partial charge in [-0.1, -0.05) is 36.9 Å². The SMILES string of the molecule is CC(=O)OCC1O[C@H](Sc2ccccc2)C(OC(C)=O)C(C)[C@H]1OC(C)=O. The van der Waals surface area contributed by atoms with Crippen molar-refractivity contribution in [3.8, 4) is 0 Å². The summed E-state index contributed by atoms with van der Waals surface area (Å²) in [6.45, 7) is 5.67. The number of benzene rings is 1. The van der Waals surface area contributed by atoms with Crippen LogP contribution in [0.15, 0.2) is 35.2 Å². The summed E-state index contributed by atoms with van der Waals surface area (Å²) < 4.78 is 22.0. The third-order valence-electron chi connectivity index (χ3n) is 4.03. The lowest BCUT2D eigenvalue weighted by molar-refractivity contribution is -0.212. The van der Waals surface area contributed by atoms with Gasteiger partial charge in [-0.3, -0.25) is 14.4 Å². The zero-order chi connectivity index (χ0) is 20.0. The predicted molar refractivity (Wildman–Crippen MR) is 97.9 cm³/mol. The number of carbonyl (C=O) groups excluding carboxylic acids is 3. The second-order valence-electron chi connectivity index (χ2n) is 6.28. The highest BCUT2D eigenvalue weighted by Crippen LogP contribution is 2.38. The maximum atomic E-state index is 11.6. The molecule has 0 spiro atoms. The van der Waals surface area contributed by atoms with Crippen LogP contribution in [0.3, 0.4) is 0 Å². The molecule has 1 heterocycles. The van der Waals surface area contributed by atoms with Crippen molar-refractivity contribution in [2.75, 3.05) is 6.61 Å². The average molecular weight is 396 g/mol. The zero-order valence-electron chi connectivity index (χ0n) is 15.7. The molecule has 5 atom stereocenters. The van der Waals surface area contributed by atoms with Crippen LogP contribution in [-0.4, -0.2) is 48.3 Å². The molecular weight excluding hydrogens is 372 g/mol. The van der Waals surface area contributed by atoms with E-state index >= 15 is 0 Å². The van der Waals surface area contributed by atoms with Crippen LogP contribution in [0.4, 0.5) is 0 Å². The van der Waals surface area contributed by atoms with E-state index in [4.69, 9.17) is 18.9 Å². The first-order valence-electron chi connectivity index (χ1n) is 8.63. The number of esters is 3. The molecule has 1 saturated heterocycles. The number of rotatable bonds is 6. The molecule has 0 bridgehead atoms. The Balaban J connectivity index is 2.27. The molecule has 1 aliphatic rings. The van der Waals surface area contributed by atoms with Crippen LogP contribution >= 0.6 is 11.8 Å². The van der Waals surface area contributed by atoms with E-state index in [1.54, 1.807) is 0 Å². The summed E-state index contributed by atoms with van der Waals surface area (Å²) >= 11 is 1.40. The molecule has 1 aromatic carbocycles. The minimum absolute atomic E-state index is 0.0593. The zero-order valence-corrected chi connectivity index (χ0v) is 16.6. The first-order chi connectivity index (χ1) is 12.8. The Bertz CT molecular complexity index is 661. The van der Waals surface area contributed by atoms with E-state index in [1.807, 2.05) is 37.3 Å². The smallest absolute Gasteiger partial charge is 0.303 e. The Hall–Kier alpha value is -2.06. The van der Waals surface area contributed by atoms with Gasteiger partial charge in [0.15, 0.2) is 0 Å². The van der Waals surface area contributed by atoms with E-state index in [9.17, 15) is 14.4 Å². The molecule has 148 valence electrons. The number of ether oxygens (including phenoxy) is 4. The van der Waals surface area contributed by atoms with Crippen molar-refractivity contribution >= 4 is 29.7 Å². The predicted octanol–water partition coefficient (Wildman–Crippen LogP) is 2.57. The van der Waals surface area contributed by atoms with Crippen molar-refractivity contribution in [1.82, 2.24) is 0 Å². The first-order valence-corrected chi connectivity index (χ1v) is 9.51. The summed E-state index contributed by atoms with van der Waals surface area (Å²) in [5.41, 5.74) is -0.543. The lowest BCUT2D eigenvalue weighted by Gasteiger charge is -2.43. The van der Waals surface area contributed by atoms with Gasteiger partial charge in [0.1, 0.15) is 30.4 Å². The molecule has 0 radical (unpaired) electrons. The van der Waals surface area contributed by atoms with Gasteiger partial charge in [0.05, 0.1) is 0 Å². The normalized spacial score (nSPS) is 27.5. The third kappa shape index (κ3) is 6.25. The van der Waals surface area contributed by atoms with Gasteiger partial charge in [0.2, 0.25) is 0 Å². The Morgan fingerprint density at radius 2 is 1.56 bits per heavy atom. The number of hydrogen-bond donors (Lipinski definition) is 0. The van der Waals surface area contributed by atoms with Crippen LogP contribution in [0.1, 0.15) is 27.7 Å². The molecule has 0 aromatic heterocycles. The van der Waals surface area contributed by atoms with Crippen LogP contribution < -0.4 is 0 Å². The standard InChI is InChI=1S/C19H24O7S/c1-11-17(24-13(3)21)16(10-23-12(2)20)26-19(18(11)25-14(4)22)27-15-8-6-5-7-9-15/h5-9,11,16-19H,10H2,1-4H3/t11?,16?,17-,18?,19-/m1/s1. The summed E-state index contributed by atoms with van der Waals surface area (Å²) in [6, 6.07) is 9.53. The first kappa shape index (κ1) is 21.2. The average Bonchev–Trinajstić information content (AvgIpc) is 2.59. The topological polar surface area (TPSA) is 88.1 Å². The van der Waals surface area contributed by atoms with Gasteiger partial charge in [-0.05, 0) is 12.1 Å². The Labute approximate surface area is 162 Å². The van der Waals surface area contributed by atoms with Crippen molar-refractivity contribution in [2.24, 2.45) is 5.92 Å². The summed E-state index contributed by atoms with van der Waals surface area (Å²) in [6.07, 6.45) is -2.01. The number of hydrogen-bond acceptors (Lipinski definition) is 8. The highest BCUT2D eigenvalue weighted by Gasteiger charge is 2.48. The van der Waals surface area contributed by atoms with Gasteiger partial charge in [-0.15, -0.1) is 0 Å². The van der Waals surface area contributed by atoms with Crippen LogP contribution in [0.2, 0.25) is 0 Å². The van der Waals surface area contributed by atoms with E-state index in [0.29, 0.717) is 0 Å². The molecular formula is C19H24O7S. The van der Waals surface area contributed by atoms with Crippen LogP contribution in [0.5, 0.6) is 0 Å². The van der Waals surface area contributed by atoms with Gasteiger partial charge in [-0.2, -0.15) is 0 Å². The molecule has 1 aliphatic heterocycles. The lowest BCUT2D eigenvalue weighted by Crippen LogP contribution is -2.56. The lowest BCUT2D eigenvalue weighted by atomic mass is 9.91. The van der Waals surface area contributed by atoms with Crippen molar-refractivity contribution in [1.29, 1.82) is 0 Å². The molecule has 0 aliphatic carbocycles. The fourth-order valence-electron chi connectivity index (χ4n) is 2.89. The molecule has 1 aromatic rings. The largest absolute Gasteiger partial charge is 0.463 e. The molecule has 3 unspecified atom stereocenters. The molecule has 0 N–H and O–H groups in total. The van der Waals surface area contributed by atoms with Crippen LogP contribution in [0.25, 0.3) is 0 Å². The maximum absolute atomic E-state index is 11.6. The van der Waals surface area contributed by atoms with Crippen LogP contribution in [0, 0.1) is 5.92 Å². The monoisotopic (exact) mass is 396 g/mol. The summed E-state index contributed by atoms with van der Waals surface area (Å²) in [4.78, 5) is 35.3. The van der Waals surface area contributed by atoms with Gasteiger partial charge < -0.3 is 18.9 Å². The fourth-order valence-corrected chi connectivity index (χ4v) is 4.11. The highest BCUT2D eigenvalue weighted by molar-refractivity contribution is 7.99. The molecule has 0 amide bonds. The summed E-state index contributed by atoms with van der Waals surface area (Å²) in [7, 11) is 0. The Morgan fingerprint density at radius 1 is 0.963 bits per heavy atom. The van der Waals surface area contributed by atoms with E-state index in [2.05, 4.69) is 0 Å². The third-order valence-corrected chi connectivity index (χ3v) is 5.19. The molecule has 2 rings (SSSR count). The second-order valence-corrected chi connectivity index (χ2v) is 7.46. The minimum atomic E-state index is -0.709. The van der Waals surface area contributed by atoms with Crippen molar-refractivity contribution < 1.29 is 33.3 Å². The number of thioether (sulfide) groups is 1. The molecule has 1 fully saturated rings. The summed E-state index contributed by atoms with van der Waals surface area (Å²) in [5.74, 6) is -1.75. The van der Waals surface area contributed by atoms with Crippen molar-refractivity contribution in [2.45, 2.75) is 56.3 Å². The van der Waals surface area contributed by atoms with Gasteiger partial charge in [-0.25, -0.2) is 0 Å². The Morgan fingerprint density at radius 3 is 2.11 bits per heavy atom. The van der Waals surface area contributed by atoms with E-state index in [-0.39, 0.29) is 12.5 Å². The Kier molecular flexibility index (Phi) is 7.67. The fraction of sp³-hybridized carbons (Fsp3) is 0.526. The van der Waals surface area contributed by atoms with E-state index in [1.165, 1.54) is 32.5 Å². The molecule has 0 saturated carbocycles. The molecule has 27 heavy (non-hydrogen) atoms. The quantitative estimate of drug-likeness (QED) is 0.535. The van der Waals surface area contributed by atoms with Crippen molar-refractivity contribution in [3.05, 3.63) is 30.3 Å². The van der Waals surface area contributed by atoms with Crippen LogP contribution in [-0.2, 0) is 33.3 Å². The van der Waals surface area contributed by atoms with E-state index < -0.39 is 41.7 Å². The summed E-state index contributed by atoms with van der Waals surface area (Å²) in [5, 5.41) is 0. The van der Waals surface area contributed by atoms with Gasteiger partial charge in [0, 0.05) is 31.6 Å². The molecule has 7 nitrogen and oxygen atoms in total.